The van der Waals surface area contributed by atoms with Crippen molar-refractivity contribution < 1.29 is 37.7 Å². The number of carbonyl (C=O) groups excluding carboxylic acids is 1. The van der Waals surface area contributed by atoms with Gasteiger partial charge in [0, 0.05) is 23.3 Å². The number of rotatable bonds is 10. The van der Waals surface area contributed by atoms with Crippen LogP contribution in [-0.2, 0) is 16.1 Å². The largest absolute Gasteiger partial charge is 0.510 e. The van der Waals surface area contributed by atoms with Gasteiger partial charge in [-0.05, 0) is 31.2 Å². The first kappa shape index (κ1) is 30.5. The molecule has 0 saturated heterocycles. The zero-order valence-electron chi connectivity index (χ0n) is 19.2. The van der Waals surface area contributed by atoms with E-state index in [0.29, 0.717) is 12.7 Å². The SMILES string of the molecule is C=C(/C=C\C(NC(=O)c1cc(Cl)cc(COCCOC)c1O)=C(/C)O)C(F)(F)F.CCCC. The molecule has 33 heavy (non-hydrogen) atoms. The van der Waals surface area contributed by atoms with E-state index in [0.717, 1.165) is 6.08 Å². The predicted octanol–water partition coefficient (Wildman–Crippen LogP) is 6.21. The third-order valence-corrected chi connectivity index (χ3v) is 4.26. The molecule has 0 aliphatic carbocycles. The molecule has 1 rings (SSSR count). The summed E-state index contributed by atoms with van der Waals surface area (Å²) in [6.45, 7) is 8.92. The molecule has 0 unspecified atom stereocenters. The van der Waals surface area contributed by atoms with Crippen LogP contribution < -0.4 is 5.32 Å². The number of alkyl halides is 3. The molecule has 6 nitrogen and oxygen atoms in total. The highest BCUT2D eigenvalue weighted by Crippen LogP contribution is 2.29. The van der Waals surface area contributed by atoms with Crippen LogP contribution in [0, 0.1) is 0 Å². The fourth-order valence-corrected chi connectivity index (χ4v) is 2.22. The number of aliphatic hydroxyl groups excluding tert-OH is 1. The maximum Gasteiger partial charge on any atom is 0.415 e. The second-order valence-corrected chi connectivity index (χ2v) is 7.25. The molecule has 0 aromatic heterocycles. The number of hydrogen-bond acceptors (Lipinski definition) is 5. The summed E-state index contributed by atoms with van der Waals surface area (Å²) in [7, 11) is 1.50. The summed E-state index contributed by atoms with van der Waals surface area (Å²) < 4.78 is 47.7. The number of carbonyl (C=O) groups is 1. The molecule has 10 heteroatoms. The lowest BCUT2D eigenvalue weighted by molar-refractivity contribution is -0.0878. The topological polar surface area (TPSA) is 88.0 Å². The Morgan fingerprint density at radius 1 is 1.21 bits per heavy atom. The van der Waals surface area contributed by atoms with Gasteiger partial charge in [-0.1, -0.05) is 44.9 Å². The fourth-order valence-electron chi connectivity index (χ4n) is 1.98. The van der Waals surface area contributed by atoms with Crippen molar-refractivity contribution in [1.29, 1.82) is 0 Å². The Hall–Kier alpha value is -2.49. The number of aliphatic hydroxyl groups is 1. The number of phenols is 1. The molecule has 0 spiro atoms. The monoisotopic (exact) mass is 493 g/mol. The molecule has 1 amide bonds. The van der Waals surface area contributed by atoms with E-state index < -0.39 is 29.2 Å². The van der Waals surface area contributed by atoms with Crippen LogP contribution in [0.5, 0.6) is 5.75 Å². The number of hydrogen-bond donors (Lipinski definition) is 3. The van der Waals surface area contributed by atoms with E-state index in [9.17, 15) is 28.2 Å². The van der Waals surface area contributed by atoms with Crippen LogP contribution in [0.4, 0.5) is 13.2 Å². The number of benzene rings is 1. The van der Waals surface area contributed by atoms with Gasteiger partial charge in [-0.2, -0.15) is 13.2 Å². The Labute approximate surface area is 197 Å². The van der Waals surface area contributed by atoms with Crippen molar-refractivity contribution >= 4 is 17.5 Å². The molecule has 0 fully saturated rings. The first-order chi connectivity index (χ1) is 15.4. The van der Waals surface area contributed by atoms with Crippen molar-refractivity contribution in [3.05, 3.63) is 64.0 Å². The van der Waals surface area contributed by atoms with Gasteiger partial charge in [0.15, 0.2) is 0 Å². The van der Waals surface area contributed by atoms with Gasteiger partial charge in [0.25, 0.3) is 5.91 Å². The highest BCUT2D eigenvalue weighted by molar-refractivity contribution is 6.31. The van der Waals surface area contributed by atoms with Crippen molar-refractivity contribution in [2.24, 2.45) is 0 Å². The summed E-state index contributed by atoms with van der Waals surface area (Å²) in [4.78, 5) is 12.5. The molecule has 0 aliphatic rings. The zero-order chi connectivity index (χ0) is 25.6. The van der Waals surface area contributed by atoms with Crippen molar-refractivity contribution in [3.8, 4) is 5.75 Å². The van der Waals surface area contributed by atoms with Crippen LogP contribution in [0.2, 0.25) is 5.02 Å². The number of aromatic hydroxyl groups is 1. The van der Waals surface area contributed by atoms with E-state index in [1.54, 1.807) is 0 Å². The number of amides is 1. The highest BCUT2D eigenvalue weighted by Gasteiger charge is 2.30. The molecule has 186 valence electrons. The molecule has 0 aliphatic heterocycles. The van der Waals surface area contributed by atoms with E-state index in [2.05, 4.69) is 25.7 Å². The number of phenolic OH excluding ortho intramolecular Hbond substituents is 1. The normalized spacial score (nSPS) is 12.1. The van der Waals surface area contributed by atoms with Crippen molar-refractivity contribution in [1.82, 2.24) is 5.32 Å². The van der Waals surface area contributed by atoms with Gasteiger partial charge in [-0.25, -0.2) is 0 Å². The van der Waals surface area contributed by atoms with Crippen LogP contribution >= 0.6 is 11.6 Å². The van der Waals surface area contributed by atoms with Gasteiger partial charge in [0.05, 0.1) is 31.1 Å². The van der Waals surface area contributed by atoms with Gasteiger partial charge < -0.3 is 25.0 Å². The Morgan fingerprint density at radius 2 is 1.82 bits per heavy atom. The number of allylic oxidation sites excluding steroid dienone is 4. The Bertz CT molecular complexity index is 845. The molecular formula is C23H31ClF3NO5. The summed E-state index contributed by atoms with van der Waals surface area (Å²) in [6, 6.07) is 2.58. The van der Waals surface area contributed by atoms with E-state index in [1.807, 2.05) is 0 Å². The maximum absolute atomic E-state index is 12.5. The van der Waals surface area contributed by atoms with E-state index in [1.165, 1.54) is 39.0 Å². The molecule has 3 N–H and O–H groups in total. The number of unbranched alkanes of at least 4 members (excludes halogenated alkanes) is 1. The molecule has 0 saturated carbocycles. The third kappa shape index (κ3) is 11.8. The maximum atomic E-state index is 12.5. The Morgan fingerprint density at radius 3 is 2.30 bits per heavy atom. The third-order valence-electron chi connectivity index (χ3n) is 4.04. The van der Waals surface area contributed by atoms with Gasteiger partial charge in [0.1, 0.15) is 11.5 Å². The minimum Gasteiger partial charge on any atom is -0.510 e. The molecule has 0 atom stereocenters. The Kier molecular flexibility index (Phi) is 14.2. The predicted molar refractivity (Wildman–Crippen MR) is 122 cm³/mol. The van der Waals surface area contributed by atoms with Crippen molar-refractivity contribution in [2.75, 3.05) is 20.3 Å². The lowest BCUT2D eigenvalue weighted by Gasteiger charge is -2.13. The molecule has 0 radical (unpaired) electrons. The summed E-state index contributed by atoms with van der Waals surface area (Å²) >= 11 is 5.97. The van der Waals surface area contributed by atoms with Crippen LogP contribution in [0.15, 0.2) is 47.9 Å². The number of methoxy groups -OCH3 is 1. The molecule has 1 aromatic carbocycles. The van der Waals surface area contributed by atoms with Gasteiger partial charge >= 0.3 is 6.18 Å². The van der Waals surface area contributed by atoms with Crippen LogP contribution in [0.1, 0.15) is 49.5 Å². The summed E-state index contributed by atoms with van der Waals surface area (Å²) in [5, 5.41) is 22.3. The van der Waals surface area contributed by atoms with Crippen LogP contribution in [0.25, 0.3) is 0 Å². The lowest BCUT2D eigenvalue weighted by atomic mass is 10.1. The first-order valence-corrected chi connectivity index (χ1v) is 10.5. The lowest BCUT2D eigenvalue weighted by Crippen LogP contribution is -2.23. The molecule has 0 heterocycles. The van der Waals surface area contributed by atoms with Gasteiger partial charge in [-0.3, -0.25) is 4.79 Å². The van der Waals surface area contributed by atoms with Gasteiger partial charge in [-0.15, -0.1) is 0 Å². The zero-order valence-corrected chi connectivity index (χ0v) is 19.9. The summed E-state index contributed by atoms with van der Waals surface area (Å²) in [6.07, 6.45) is -0.570. The summed E-state index contributed by atoms with van der Waals surface area (Å²) in [5.41, 5.74) is -1.50. The van der Waals surface area contributed by atoms with E-state index in [-0.39, 0.29) is 35.1 Å². The van der Waals surface area contributed by atoms with Crippen molar-refractivity contribution in [2.45, 2.75) is 46.4 Å². The summed E-state index contributed by atoms with van der Waals surface area (Å²) in [5.74, 6) is -1.76. The number of ether oxygens (including phenoxy) is 2. The first-order valence-electron chi connectivity index (χ1n) is 10.1. The second-order valence-electron chi connectivity index (χ2n) is 6.82. The number of halogens is 4. The molecule has 0 bridgehead atoms. The highest BCUT2D eigenvalue weighted by atomic mass is 35.5. The van der Waals surface area contributed by atoms with Crippen LogP contribution in [0.3, 0.4) is 0 Å². The fraction of sp³-hybridized carbons (Fsp3) is 0.435. The molecular weight excluding hydrogens is 463 g/mol. The van der Waals surface area contributed by atoms with Crippen molar-refractivity contribution in [3.63, 3.8) is 0 Å². The average molecular weight is 494 g/mol. The smallest absolute Gasteiger partial charge is 0.415 e. The average Bonchev–Trinajstić information content (AvgIpc) is 2.74. The number of nitrogens with one attached hydrogen (secondary N) is 1. The minimum absolute atomic E-state index is 0.0525. The second kappa shape index (κ2) is 15.4. The standard InChI is InChI=1S/C19H21ClF3NO5.C4H10/c1-11(19(21,22)23)4-5-16(12(2)25)24-18(27)15-9-14(20)8-13(17(15)26)10-29-7-6-28-3;1-3-4-2/h4-5,8-9,25-26H,1,6-7,10H2,2-3H3,(H,24,27);3-4H2,1-2H3/b5-4-,16-12-;. The molecule has 1 aromatic rings. The van der Waals surface area contributed by atoms with Crippen LogP contribution in [-0.4, -0.2) is 42.6 Å². The minimum atomic E-state index is -4.65. The quantitative estimate of drug-likeness (QED) is 0.205. The van der Waals surface area contributed by atoms with E-state index in [4.69, 9.17) is 21.1 Å². The Balaban J connectivity index is 0.00000235. The van der Waals surface area contributed by atoms with Gasteiger partial charge in [0.2, 0.25) is 0 Å². The van der Waals surface area contributed by atoms with E-state index >= 15 is 0 Å².